The number of quaternary nitrogens is 1. The van der Waals surface area contributed by atoms with Crippen molar-refractivity contribution in [2.24, 2.45) is 0 Å². The van der Waals surface area contributed by atoms with E-state index in [1.54, 1.807) is 17.9 Å². The molecule has 0 atom stereocenters. The molecule has 0 saturated carbocycles. The Morgan fingerprint density at radius 1 is 1.12 bits per heavy atom. The minimum Gasteiger partial charge on any atom is -0.351 e. The van der Waals surface area contributed by atoms with Gasteiger partial charge in [0.1, 0.15) is 11.5 Å². The maximum atomic E-state index is 12.7. The van der Waals surface area contributed by atoms with Gasteiger partial charge in [-0.25, -0.2) is 25.8 Å². The molecule has 0 saturated heterocycles. The van der Waals surface area contributed by atoms with Crippen LogP contribution in [0, 0.1) is 0 Å². The Morgan fingerprint density at radius 2 is 1.88 bits per heavy atom. The smallest absolute Gasteiger partial charge is 0.230 e. The number of carbonyl (C=O) groups excluding carboxylic acids is 1. The molecule has 0 unspecified atom stereocenters. The molecule has 3 aromatic rings. The first-order valence-corrected chi connectivity index (χ1v) is 11.1. The first-order chi connectivity index (χ1) is 16.2. The van der Waals surface area contributed by atoms with Crippen molar-refractivity contribution in [2.45, 2.75) is 31.7 Å². The second kappa shape index (κ2) is 8.17. The molecule has 0 spiro atoms. The highest BCUT2D eigenvalue weighted by molar-refractivity contribution is 5.78. The van der Waals surface area contributed by atoms with Crippen LogP contribution in [0.3, 0.4) is 0 Å². The van der Waals surface area contributed by atoms with Crippen LogP contribution in [-0.2, 0) is 24.1 Å². The predicted molar refractivity (Wildman–Crippen MR) is 119 cm³/mol. The van der Waals surface area contributed by atoms with Crippen molar-refractivity contribution in [3.8, 4) is 11.4 Å². The number of hydrogen-bond donors (Lipinski definition) is 5. The predicted octanol–water partition coefficient (Wildman–Crippen LogP) is -0.586. The van der Waals surface area contributed by atoms with Crippen LogP contribution in [0.5, 0.6) is 0 Å². The fraction of sp³-hybridized carbons (Fsp3) is 0.318. The van der Waals surface area contributed by atoms with Crippen molar-refractivity contribution in [1.29, 1.82) is 0 Å². The Hall–Kier alpha value is -3.99. The van der Waals surface area contributed by atoms with Gasteiger partial charge in [0, 0.05) is 31.4 Å². The molecule has 1 aromatic carbocycles. The molecule has 6 N–H and O–H groups in total. The molecule has 168 valence electrons. The number of H-pyrrole nitrogens is 1. The number of amides is 1. The minimum absolute atomic E-state index is 0.0197. The summed E-state index contributed by atoms with van der Waals surface area (Å²) < 4.78 is 0. The number of benzene rings is 1. The van der Waals surface area contributed by atoms with Gasteiger partial charge in [-0.05, 0) is 24.0 Å². The number of aromatic nitrogens is 5. The molecule has 1 aliphatic carbocycles. The summed E-state index contributed by atoms with van der Waals surface area (Å²) in [4.78, 5) is 27.9. The number of nitrogens with zero attached hydrogens (tertiary/aromatic N) is 5. The zero-order valence-corrected chi connectivity index (χ0v) is 18.0. The summed E-state index contributed by atoms with van der Waals surface area (Å²) in [6.45, 7) is 1.27. The lowest BCUT2D eigenvalue weighted by Gasteiger charge is -2.25. The van der Waals surface area contributed by atoms with E-state index < -0.39 is 0 Å². The average molecular weight is 446 g/mol. The third-order valence-electron chi connectivity index (χ3n) is 6.34. The van der Waals surface area contributed by atoms with Crippen LogP contribution in [-0.4, -0.2) is 55.1 Å². The van der Waals surface area contributed by atoms with E-state index in [1.165, 1.54) is 11.1 Å². The van der Waals surface area contributed by atoms with Gasteiger partial charge in [0.15, 0.2) is 5.82 Å². The Balaban J connectivity index is 1.06. The van der Waals surface area contributed by atoms with Crippen LogP contribution in [0.1, 0.15) is 23.4 Å². The second-order valence-electron chi connectivity index (χ2n) is 8.55. The monoisotopic (exact) mass is 445 g/mol. The first-order valence-electron chi connectivity index (χ1n) is 11.1. The van der Waals surface area contributed by atoms with Crippen LogP contribution >= 0.6 is 0 Å². The fourth-order valence-corrected chi connectivity index (χ4v) is 4.60. The van der Waals surface area contributed by atoms with Gasteiger partial charge in [-0.15, -0.1) is 0 Å². The van der Waals surface area contributed by atoms with Crippen molar-refractivity contribution in [2.75, 3.05) is 18.4 Å². The van der Waals surface area contributed by atoms with Crippen LogP contribution in [0.25, 0.3) is 11.4 Å². The molecule has 33 heavy (non-hydrogen) atoms. The van der Waals surface area contributed by atoms with Gasteiger partial charge in [0.2, 0.25) is 11.9 Å². The van der Waals surface area contributed by atoms with E-state index in [4.69, 9.17) is 0 Å². The topological polar surface area (TPSA) is 140 Å². The molecule has 1 amide bonds. The molecule has 0 fully saturated rings. The van der Waals surface area contributed by atoms with Gasteiger partial charge >= 0.3 is 0 Å². The number of aromatic amines is 1. The summed E-state index contributed by atoms with van der Waals surface area (Å²) in [5.41, 5.74) is 13.8. The van der Waals surface area contributed by atoms with Crippen LogP contribution < -0.4 is 21.7 Å². The van der Waals surface area contributed by atoms with Crippen LogP contribution in [0.4, 0.5) is 5.95 Å². The number of hydrogen-bond acceptors (Lipinski definition) is 8. The van der Waals surface area contributed by atoms with Gasteiger partial charge in [0.05, 0.1) is 24.2 Å². The number of rotatable bonds is 5. The van der Waals surface area contributed by atoms with E-state index in [2.05, 4.69) is 65.6 Å². The molecule has 6 rings (SSSR count). The summed E-state index contributed by atoms with van der Waals surface area (Å²) in [7, 11) is 0. The highest BCUT2D eigenvalue weighted by Crippen LogP contribution is 2.24. The number of carbonyl (C=O) groups is 1. The normalized spacial score (nSPS) is 17.4. The summed E-state index contributed by atoms with van der Waals surface area (Å²) in [6.07, 6.45) is 6.35. The van der Waals surface area contributed by atoms with E-state index >= 15 is 0 Å². The van der Waals surface area contributed by atoms with Crippen LogP contribution in [0.2, 0.25) is 0 Å². The molecular formula is C22H25N10O+. The highest BCUT2D eigenvalue weighted by Gasteiger charge is 2.28. The van der Waals surface area contributed by atoms with Gasteiger partial charge in [-0.3, -0.25) is 9.89 Å². The van der Waals surface area contributed by atoms with E-state index in [-0.39, 0.29) is 12.3 Å². The summed E-state index contributed by atoms with van der Waals surface area (Å²) in [5, 5.41) is 10.5. The highest BCUT2D eigenvalue weighted by atomic mass is 16.2. The molecule has 2 aromatic heterocycles. The van der Waals surface area contributed by atoms with Crippen LogP contribution in [0.15, 0.2) is 48.1 Å². The summed E-state index contributed by atoms with van der Waals surface area (Å²) in [5.74, 6) is 1.63. The van der Waals surface area contributed by atoms with Crippen molar-refractivity contribution < 1.29 is 10.3 Å². The molecule has 2 aliphatic heterocycles. The molecule has 0 radical (unpaired) electrons. The standard InChI is InChI=1S/C22H24N10O/c33-20(32-6-5-17-18(12-32)28-31-27-17)9-19-26-21(30-29-19)15-10-23-22(24-11-15)25-16-7-13-3-1-2-4-14(13)8-16/h1-4,10-11,16,27-28,31H,5-9,12H2,(H,23,24,25)(H,26,29,30)/p+1. The molecule has 11 nitrogen and oxygen atoms in total. The Morgan fingerprint density at radius 3 is 2.67 bits per heavy atom. The lowest BCUT2D eigenvalue weighted by Crippen LogP contribution is -2.97. The SMILES string of the molecule is O=C(Cc1nc(-c2cnc(NC3Cc4ccccc4C3)nc2)n[nH]1)N1CCC2=C(C1)N[NH2+]N2. The molecule has 3 aliphatic rings. The van der Waals surface area contributed by atoms with Crippen molar-refractivity contribution in [1.82, 2.24) is 40.9 Å². The van der Waals surface area contributed by atoms with E-state index in [0.29, 0.717) is 42.3 Å². The largest absolute Gasteiger partial charge is 0.351 e. The fourth-order valence-electron chi connectivity index (χ4n) is 4.60. The van der Waals surface area contributed by atoms with Gasteiger partial charge in [-0.1, -0.05) is 24.3 Å². The zero-order chi connectivity index (χ0) is 22.2. The maximum Gasteiger partial charge on any atom is 0.230 e. The average Bonchev–Trinajstić information content (AvgIpc) is 3.58. The number of anilines is 1. The van der Waals surface area contributed by atoms with E-state index in [0.717, 1.165) is 30.7 Å². The third-order valence-corrected chi connectivity index (χ3v) is 6.34. The Kier molecular flexibility index (Phi) is 4.87. The number of fused-ring (bicyclic) bond motifs is 1. The van der Waals surface area contributed by atoms with E-state index in [1.807, 2.05) is 4.90 Å². The lowest BCUT2D eigenvalue weighted by atomic mass is 10.1. The van der Waals surface area contributed by atoms with Crippen molar-refractivity contribution in [3.05, 3.63) is 65.0 Å². The second-order valence-corrected chi connectivity index (χ2v) is 8.55. The van der Waals surface area contributed by atoms with Crippen molar-refractivity contribution >= 4 is 11.9 Å². The maximum absolute atomic E-state index is 12.7. The molecular weight excluding hydrogens is 420 g/mol. The molecule has 0 bridgehead atoms. The molecule has 11 heteroatoms. The van der Waals surface area contributed by atoms with Gasteiger partial charge in [0.25, 0.3) is 0 Å². The Bertz CT molecular complexity index is 1190. The first kappa shape index (κ1) is 19.7. The van der Waals surface area contributed by atoms with Crippen molar-refractivity contribution in [3.63, 3.8) is 0 Å². The number of nitrogens with two attached hydrogens (primary N) is 1. The third kappa shape index (κ3) is 3.98. The summed E-state index contributed by atoms with van der Waals surface area (Å²) >= 11 is 0. The minimum atomic E-state index is 0.0197. The van der Waals surface area contributed by atoms with Gasteiger partial charge < -0.3 is 10.2 Å². The van der Waals surface area contributed by atoms with E-state index in [9.17, 15) is 4.79 Å². The lowest BCUT2D eigenvalue weighted by molar-refractivity contribution is -0.741. The quantitative estimate of drug-likeness (QED) is 0.329. The number of nitrogens with one attached hydrogen (secondary N) is 4. The zero-order valence-electron chi connectivity index (χ0n) is 18.0. The summed E-state index contributed by atoms with van der Waals surface area (Å²) in [6, 6.07) is 8.80. The Labute approximate surface area is 190 Å². The molecule has 4 heterocycles. The van der Waals surface area contributed by atoms with Gasteiger partial charge in [-0.2, -0.15) is 10.6 Å².